The second kappa shape index (κ2) is 10.8. The molecule has 0 amide bonds. The molecule has 0 unspecified atom stereocenters. The molecule has 36 heavy (non-hydrogen) atoms. The number of aromatic nitrogens is 6. The van der Waals surface area contributed by atoms with Gasteiger partial charge in [-0.1, -0.05) is 6.07 Å². The average Bonchev–Trinajstić information content (AvgIpc) is 2.90. The minimum atomic E-state index is -0.428. The molecule has 0 saturated carbocycles. The maximum atomic E-state index is 12.4. The van der Waals surface area contributed by atoms with Crippen LogP contribution in [0.2, 0.25) is 0 Å². The number of nitrogens with one attached hydrogen (secondary N) is 3. The molecule has 3 N–H and O–H groups in total. The molecular formula is C25H25N9O2. The first-order valence-electron chi connectivity index (χ1n) is 11.6. The second-order valence-corrected chi connectivity index (χ2v) is 8.25. The van der Waals surface area contributed by atoms with Gasteiger partial charge in [0.05, 0.1) is 11.9 Å². The van der Waals surface area contributed by atoms with Crippen molar-refractivity contribution >= 4 is 29.2 Å². The van der Waals surface area contributed by atoms with E-state index in [2.05, 4.69) is 45.9 Å². The van der Waals surface area contributed by atoms with Gasteiger partial charge in [0, 0.05) is 24.6 Å². The van der Waals surface area contributed by atoms with Gasteiger partial charge in [-0.3, -0.25) is 0 Å². The standard InChI is InChI=1S/C25H25N9O2/c1-16-4-2-6-19(30-16)23-27-12-9-21(33-23)32-22-10-13-28-25(34-22)31-17-7-8-20(29-14-17)24(35)36-18-5-3-11-26-15-18/h2,4,6-10,12-14,18,26H,3,5,11,15H2,1H3,(H2,27,28,31,32,33,34)/t18-/m0/s1. The number of piperidine rings is 1. The summed E-state index contributed by atoms with van der Waals surface area (Å²) in [4.78, 5) is 38.6. The maximum absolute atomic E-state index is 12.4. The van der Waals surface area contributed by atoms with Crippen LogP contribution in [0, 0.1) is 6.92 Å². The van der Waals surface area contributed by atoms with E-state index in [4.69, 9.17) is 4.74 Å². The number of hydrogen-bond acceptors (Lipinski definition) is 11. The van der Waals surface area contributed by atoms with Gasteiger partial charge in [-0.2, -0.15) is 4.98 Å². The van der Waals surface area contributed by atoms with Crippen LogP contribution in [0.15, 0.2) is 61.1 Å². The molecule has 0 radical (unpaired) electrons. The summed E-state index contributed by atoms with van der Waals surface area (Å²) in [6.45, 7) is 3.55. The molecule has 5 heterocycles. The van der Waals surface area contributed by atoms with E-state index in [1.54, 1.807) is 42.9 Å². The predicted molar refractivity (Wildman–Crippen MR) is 134 cm³/mol. The number of anilines is 4. The van der Waals surface area contributed by atoms with Crippen LogP contribution in [-0.2, 0) is 4.74 Å². The van der Waals surface area contributed by atoms with Gasteiger partial charge < -0.3 is 20.7 Å². The van der Waals surface area contributed by atoms with Crippen molar-refractivity contribution in [3.8, 4) is 11.5 Å². The zero-order chi connectivity index (χ0) is 24.7. The first-order valence-corrected chi connectivity index (χ1v) is 11.6. The number of esters is 1. The molecule has 4 aromatic rings. The van der Waals surface area contributed by atoms with E-state index < -0.39 is 5.97 Å². The van der Waals surface area contributed by atoms with Gasteiger partial charge >= 0.3 is 5.97 Å². The van der Waals surface area contributed by atoms with Gasteiger partial charge in [0.2, 0.25) is 5.95 Å². The Morgan fingerprint density at radius 1 is 0.972 bits per heavy atom. The third kappa shape index (κ3) is 5.94. The second-order valence-electron chi connectivity index (χ2n) is 8.25. The Balaban J connectivity index is 1.23. The minimum absolute atomic E-state index is 0.117. The fraction of sp³-hybridized carbons (Fsp3) is 0.240. The quantitative estimate of drug-likeness (QED) is 0.333. The number of rotatable bonds is 7. The van der Waals surface area contributed by atoms with E-state index in [0.29, 0.717) is 41.3 Å². The van der Waals surface area contributed by atoms with Gasteiger partial charge in [0.25, 0.3) is 0 Å². The topological polar surface area (TPSA) is 140 Å². The van der Waals surface area contributed by atoms with E-state index in [1.807, 2.05) is 25.1 Å². The summed E-state index contributed by atoms with van der Waals surface area (Å²) in [5.74, 6) is 1.57. The molecule has 1 aliphatic rings. The van der Waals surface area contributed by atoms with Gasteiger partial charge in [0.1, 0.15) is 29.1 Å². The van der Waals surface area contributed by atoms with Crippen LogP contribution in [0.3, 0.4) is 0 Å². The highest BCUT2D eigenvalue weighted by Gasteiger charge is 2.19. The van der Waals surface area contributed by atoms with Gasteiger partial charge in [-0.15, -0.1) is 0 Å². The number of aryl methyl sites for hydroxylation is 1. The summed E-state index contributed by atoms with van der Waals surface area (Å²) in [6, 6.07) is 12.5. The molecule has 1 atom stereocenters. The van der Waals surface area contributed by atoms with Crippen LogP contribution in [0.4, 0.5) is 23.3 Å². The molecule has 0 aromatic carbocycles. The smallest absolute Gasteiger partial charge is 0.357 e. The highest BCUT2D eigenvalue weighted by atomic mass is 16.5. The molecule has 11 nitrogen and oxygen atoms in total. The zero-order valence-electron chi connectivity index (χ0n) is 19.7. The fourth-order valence-corrected chi connectivity index (χ4v) is 3.69. The van der Waals surface area contributed by atoms with Crippen molar-refractivity contribution in [2.45, 2.75) is 25.9 Å². The third-order valence-corrected chi connectivity index (χ3v) is 5.44. The van der Waals surface area contributed by atoms with Gasteiger partial charge in [-0.05, 0) is 62.7 Å². The molecule has 5 rings (SSSR count). The summed E-state index contributed by atoms with van der Waals surface area (Å²) < 4.78 is 5.52. The summed E-state index contributed by atoms with van der Waals surface area (Å²) in [5, 5.41) is 9.48. The molecule has 1 saturated heterocycles. The summed E-state index contributed by atoms with van der Waals surface area (Å²) in [6.07, 6.45) is 6.57. The van der Waals surface area contributed by atoms with Crippen LogP contribution >= 0.6 is 0 Å². The summed E-state index contributed by atoms with van der Waals surface area (Å²) in [7, 11) is 0. The third-order valence-electron chi connectivity index (χ3n) is 5.44. The Bertz CT molecular complexity index is 1340. The zero-order valence-corrected chi connectivity index (χ0v) is 19.7. The van der Waals surface area contributed by atoms with Crippen molar-refractivity contribution in [1.29, 1.82) is 0 Å². The van der Waals surface area contributed by atoms with Crippen LogP contribution < -0.4 is 16.0 Å². The van der Waals surface area contributed by atoms with Gasteiger partial charge in [0.15, 0.2) is 5.82 Å². The number of carbonyl (C=O) groups is 1. The lowest BCUT2D eigenvalue weighted by Gasteiger charge is -2.22. The van der Waals surface area contributed by atoms with E-state index >= 15 is 0 Å². The largest absolute Gasteiger partial charge is 0.456 e. The Morgan fingerprint density at radius 2 is 1.83 bits per heavy atom. The van der Waals surface area contributed by atoms with Crippen molar-refractivity contribution in [2.24, 2.45) is 0 Å². The number of hydrogen-bond donors (Lipinski definition) is 3. The fourth-order valence-electron chi connectivity index (χ4n) is 3.69. The Labute approximate surface area is 207 Å². The molecule has 4 aromatic heterocycles. The van der Waals surface area contributed by atoms with Crippen LogP contribution in [-0.4, -0.2) is 55.1 Å². The molecule has 0 bridgehead atoms. The molecule has 1 fully saturated rings. The monoisotopic (exact) mass is 483 g/mol. The molecule has 0 aliphatic carbocycles. The Morgan fingerprint density at radius 3 is 2.61 bits per heavy atom. The molecule has 11 heteroatoms. The summed E-state index contributed by atoms with van der Waals surface area (Å²) >= 11 is 0. The van der Waals surface area contributed by atoms with E-state index in [0.717, 1.165) is 25.1 Å². The van der Waals surface area contributed by atoms with Crippen molar-refractivity contribution < 1.29 is 9.53 Å². The minimum Gasteiger partial charge on any atom is -0.456 e. The lowest BCUT2D eigenvalue weighted by atomic mass is 10.1. The first-order chi connectivity index (χ1) is 17.6. The Hall–Kier alpha value is -4.51. The van der Waals surface area contributed by atoms with E-state index in [1.165, 1.54) is 0 Å². The molecular weight excluding hydrogens is 458 g/mol. The highest BCUT2D eigenvalue weighted by molar-refractivity contribution is 5.87. The predicted octanol–water partition coefficient (Wildman–Crippen LogP) is 3.43. The number of carbonyl (C=O) groups excluding carboxylic acids is 1. The summed E-state index contributed by atoms with van der Waals surface area (Å²) in [5.41, 5.74) is 2.48. The normalized spacial score (nSPS) is 15.2. The Kier molecular flexibility index (Phi) is 6.99. The SMILES string of the molecule is Cc1cccc(-c2nccc(Nc3ccnc(Nc4ccc(C(=O)O[C@H]5CCCNC5)nc4)n3)n2)n1. The molecule has 1 aliphatic heterocycles. The van der Waals surface area contributed by atoms with Gasteiger partial charge in [-0.25, -0.2) is 29.7 Å². The number of nitrogens with zero attached hydrogens (tertiary/aromatic N) is 6. The van der Waals surface area contributed by atoms with Crippen molar-refractivity contribution in [1.82, 2.24) is 35.2 Å². The maximum Gasteiger partial charge on any atom is 0.357 e. The number of pyridine rings is 2. The van der Waals surface area contributed by atoms with E-state index in [-0.39, 0.29) is 11.8 Å². The number of ether oxygens (including phenoxy) is 1. The van der Waals surface area contributed by atoms with Crippen molar-refractivity contribution in [3.05, 3.63) is 72.4 Å². The van der Waals surface area contributed by atoms with Crippen LogP contribution in [0.5, 0.6) is 0 Å². The molecule has 0 spiro atoms. The van der Waals surface area contributed by atoms with Crippen molar-refractivity contribution in [2.75, 3.05) is 23.7 Å². The van der Waals surface area contributed by atoms with Crippen LogP contribution in [0.1, 0.15) is 29.0 Å². The lowest BCUT2D eigenvalue weighted by Crippen LogP contribution is -2.36. The molecule has 182 valence electrons. The first kappa shape index (κ1) is 23.2. The average molecular weight is 484 g/mol. The van der Waals surface area contributed by atoms with Crippen molar-refractivity contribution in [3.63, 3.8) is 0 Å². The van der Waals surface area contributed by atoms with Crippen LogP contribution in [0.25, 0.3) is 11.5 Å². The lowest BCUT2D eigenvalue weighted by molar-refractivity contribution is 0.0239. The highest BCUT2D eigenvalue weighted by Crippen LogP contribution is 2.19. The van der Waals surface area contributed by atoms with E-state index in [9.17, 15) is 4.79 Å².